The van der Waals surface area contributed by atoms with Crippen molar-refractivity contribution in [3.63, 3.8) is 0 Å². The van der Waals surface area contributed by atoms with E-state index in [-0.39, 0.29) is 0 Å². The van der Waals surface area contributed by atoms with Gasteiger partial charge in [0.15, 0.2) is 0 Å². The van der Waals surface area contributed by atoms with E-state index in [0.29, 0.717) is 5.38 Å². The predicted octanol–water partition coefficient (Wildman–Crippen LogP) is 3.62. The summed E-state index contributed by atoms with van der Waals surface area (Å²) in [6.07, 6.45) is 7.85. The molecule has 0 aliphatic carbocycles. The van der Waals surface area contributed by atoms with Crippen LogP contribution in [0, 0.1) is 0 Å². The van der Waals surface area contributed by atoms with Crippen LogP contribution in [0.5, 0.6) is 0 Å². The normalized spacial score (nSPS) is 13.2. The number of halogens is 1. The maximum atomic E-state index is 6.07. The molecule has 68 valence electrons. The molecule has 1 heterocycles. The van der Waals surface area contributed by atoms with Crippen molar-refractivity contribution >= 4 is 11.6 Å². The number of alkyl halides is 1. The molecule has 1 nitrogen and oxygen atoms in total. The molecule has 0 N–H and O–H groups in total. The third kappa shape index (κ3) is 3.31. The van der Waals surface area contributed by atoms with Gasteiger partial charge in [-0.1, -0.05) is 13.3 Å². The lowest BCUT2D eigenvalue weighted by molar-refractivity contribution is 0.562. The third-order valence-electron chi connectivity index (χ3n) is 1.93. The molecule has 0 saturated heterocycles. The van der Waals surface area contributed by atoms with Crippen LogP contribution in [0.25, 0.3) is 0 Å². The van der Waals surface area contributed by atoms with Gasteiger partial charge in [-0.15, -0.1) is 11.6 Å². The molecule has 0 bridgehead atoms. The number of rotatable bonds is 5. The van der Waals surface area contributed by atoms with Crippen LogP contribution in [0.4, 0.5) is 0 Å². The maximum absolute atomic E-state index is 6.07. The van der Waals surface area contributed by atoms with Crippen molar-refractivity contribution < 1.29 is 4.42 Å². The first-order chi connectivity index (χ1) is 5.83. The summed E-state index contributed by atoms with van der Waals surface area (Å²) in [7, 11) is 0. The van der Waals surface area contributed by atoms with Gasteiger partial charge < -0.3 is 4.42 Å². The van der Waals surface area contributed by atoms with Crippen molar-refractivity contribution in [1.82, 2.24) is 0 Å². The Morgan fingerprint density at radius 3 is 2.92 bits per heavy atom. The molecule has 1 unspecified atom stereocenters. The summed E-state index contributed by atoms with van der Waals surface area (Å²) in [4.78, 5) is 0. The molecule has 1 aromatic heterocycles. The van der Waals surface area contributed by atoms with Gasteiger partial charge in [-0.05, 0) is 30.9 Å². The van der Waals surface area contributed by atoms with Crippen molar-refractivity contribution in [2.24, 2.45) is 0 Å². The van der Waals surface area contributed by atoms with Gasteiger partial charge in [0.2, 0.25) is 0 Å². The molecule has 0 fully saturated rings. The van der Waals surface area contributed by atoms with Gasteiger partial charge in [-0.3, -0.25) is 0 Å². The van der Waals surface area contributed by atoms with Gasteiger partial charge in [0, 0.05) is 5.38 Å². The highest BCUT2D eigenvalue weighted by molar-refractivity contribution is 6.20. The van der Waals surface area contributed by atoms with E-state index >= 15 is 0 Å². The fraction of sp³-hybridized carbons (Fsp3) is 0.600. The second-order valence-corrected chi connectivity index (χ2v) is 3.67. The first-order valence-electron chi connectivity index (χ1n) is 4.48. The van der Waals surface area contributed by atoms with Crippen molar-refractivity contribution in [2.75, 3.05) is 0 Å². The Hall–Kier alpha value is -0.430. The van der Waals surface area contributed by atoms with E-state index < -0.39 is 0 Å². The molecule has 0 aromatic carbocycles. The van der Waals surface area contributed by atoms with E-state index in [1.807, 2.05) is 6.07 Å². The zero-order valence-electron chi connectivity index (χ0n) is 7.42. The number of aryl methyl sites for hydroxylation is 1. The first kappa shape index (κ1) is 9.66. The lowest BCUT2D eigenvalue weighted by Gasteiger charge is -2.05. The Kier molecular flexibility index (Phi) is 4.23. The van der Waals surface area contributed by atoms with Crippen LogP contribution in [0.2, 0.25) is 0 Å². The largest absolute Gasteiger partial charge is 0.472 e. The van der Waals surface area contributed by atoms with Gasteiger partial charge in [0.05, 0.1) is 12.5 Å². The van der Waals surface area contributed by atoms with Crippen molar-refractivity contribution in [1.29, 1.82) is 0 Å². The minimum atomic E-state index is 0.324. The molecular weight excluding hydrogens is 172 g/mol. The molecule has 0 saturated carbocycles. The molecule has 2 heteroatoms. The molecule has 0 aliphatic heterocycles. The molecule has 12 heavy (non-hydrogen) atoms. The lowest BCUT2D eigenvalue weighted by atomic mass is 10.1. The second-order valence-electron chi connectivity index (χ2n) is 3.06. The van der Waals surface area contributed by atoms with Gasteiger partial charge in [-0.25, -0.2) is 0 Å². The van der Waals surface area contributed by atoms with E-state index in [0.717, 1.165) is 19.3 Å². The highest BCUT2D eigenvalue weighted by Crippen LogP contribution is 2.13. The Morgan fingerprint density at radius 1 is 1.50 bits per heavy atom. The summed E-state index contributed by atoms with van der Waals surface area (Å²) in [5.41, 5.74) is 1.25. The van der Waals surface area contributed by atoms with Gasteiger partial charge >= 0.3 is 0 Å². The summed E-state index contributed by atoms with van der Waals surface area (Å²) in [6, 6.07) is 2.00. The molecule has 1 aromatic rings. The Labute approximate surface area is 78.7 Å². The van der Waals surface area contributed by atoms with Crippen molar-refractivity contribution in [3.05, 3.63) is 24.2 Å². The van der Waals surface area contributed by atoms with Crippen LogP contribution >= 0.6 is 11.6 Å². The number of hydrogen-bond donors (Lipinski definition) is 0. The quantitative estimate of drug-likeness (QED) is 0.641. The topological polar surface area (TPSA) is 13.1 Å². The van der Waals surface area contributed by atoms with E-state index in [4.69, 9.17) is 16.0 Å². The van der Waals surface area contributed by atoms with E-state index in [1.54, 1.807) is 12.5 Å². The lowest BCUT2D eigenvalue weighted by Crippen LogP contribution is -1.99. The van der Waals surface area contributed by atoms with E-state index in [1.165, 1.54) is 12.0 Å². The van der Waals surface area contributed by atoms with Crippen LogP contribution in [-0.4, -0.2) is 5.38 Å². The fourth-order valence-electron chi connectivity index (χ4n) is 1.22. The summed E-state index contributed by atoms with van der Waals surface area (Å²) < 4.78 is 4.96. The zero-order valence-corrected chi connectivity index (χ0v) is 8.18. The van der Waals surface area contributed by atoms with Crippen LogP contribution in [-0.2, 0) is 6.42 Å². The highest BCUT2D eigenvalue weighted by atomic mass is 35.5. The van der Waals surface area contributed by atoms with Crippen LogP contribution < -0.4 is 0 Å². The SMILES string of the molecule is CCCC(Cl)CCc1ccoc1. The first-order valence-corrected chi connectivity index (χ1v) is 4.91. The highest BCUT2D eigenvalue weighted by Gasteiger charge is 2.03. The summed E-state index contributed by atoms with van der Waals surface area (Å²) in [5, 5.41) is 0.324. The molecule has 0 radical (unpaired) electrons. The molecule has 0 spiro atoms. The maximum Gasteiger partial charge on any atom is 0.0934 e. The standard InChI is InChI=1S/C10H15ClO/c1-2-3-10(11)5-4-9-6-7-12-8-9/h6-8,10H,2-5H2,1H3. The van der Waals surface area contributed by atoms with Crippen LogP contribution in [0.15, 0.2) is 23.0 Å². The summed E-state index contributed by atoms with van der Waals surface area (Å²) in [5.74, 6) is 0. The Morgan fingerprint density at radius 2 is 2.33 bits per heavy atom. The molecule has 0 aliphatic rings. The molecule has 1 rings (SSSR count). The van der Waals surface area contributed by atoms with Gasteiger partial charge in [0.25, 0.3) is 0 Å². The third-order valence-corrected chi connectivity index (χ3v) is 2.36. The van der Waals surface area contributed by atoms with Crippen molar-refractivity contribution in [3.8, 4) is 0 Å². The predicted molar refractivity (Wildman–Crippen MR) is 51.6 cm³/mol. The minimum Gasteiger partial charge on any atom is -0.472 e. The average Bonchev–Trinajstić information content (AvgIpc) is 2.53. The van der Waals surface area contributed by atoms with Crippen LogP contribution in [0.3, 0.4) is 0 Å². The summed E-state index contributed by atoms with van der Waals surface area (Å²) in [6.45, 7) is 2.16. The van der Waals surface area contributed by atoms with E-state index in [9.17, 15) is 0 Å². The van der Waals surface area contributed by atoms with E-state index in [2.05, 4.69) is 6.92 Å². The number of hydrogen-bond acceptors (Lipinski definition) is 1. The Balaban J connectivity index is 2.17. The number of furan rings is 1. The smallest absolute Gasteiger partial charge is 0.0934 e. The molecule has 0 amide bonds. The second kappa shape index (κ2) is 5.26. The Bertz CT molecular complexity index is 194. The van der Waals surface area contributed by atoms with Gasteiger partial charge in [-0.2, -0.15) is 0 Å². The van der Waals surface area contributed by atoms with Crippen molar-refractivity contribution in [2.45, 2.75) is 38.0 Å². The zero-order chi connectivity index (χ0) is 8.81. The molecular formula is C10H15ClO. The van der Waals surface area contributed by atoms with Crippen LogP contribution in [0.1, 0.15) is 31.7 Å². The minimum absolute atomic E-state index is 0.324. The average molecular weight is 187 g/mol. The summed E-state index contributed by atoms with van der Waals surface area (Å²) >= 11 is 6.07. The fourth-order valence-corrected chi connectivity index (χ4v) is 1.54. The van der Waals surface area contributed by atoms with Gasteiger partial charge in [0.1, 0.15) is 0 Å². The monoisotopic (exact) mass is 186 g/mol. The molecule has 1 atom stereocenters.